The fourth-order valence-corrected chi connectivity index (χ4v) is 4.95. The van der Waals surface area contributed by atoms with Crippen LogP contribution in [-0.4, -0.2) is 59.3 Å². The average Bonchev–Trinajstić information content (AvgIpc) is 3.12. The van der Waals surface area contributed by atoms with Gasteiger partial charge in [-0.15, -0.1) is 0 Å². The molecule has 0 amide bonds. The molecule has 0 saturated heterocycles. The number of hydrogen-bond donors (Lipinski definition) is 1. The highest BCUT2D eigenvalue weighted by Gasteiger charge is 2.36. The van der Waals surface area contributed by atoms with Crippen molar-refractivity contribution in [2.75, 3.05) is 24.8 Å². The lowest BCUT2D eigenvalue weighted by atomic mass is 9.81. The quantitative estimate of drug-likeness (QED) is 0.675. The van der Waals surface area contributed by atoms with E-state index >= 15 is 0 Å². The van der Waals surface area contributed by atoms with Crippen LogP contribution in [-0.2, 0) is 9.84 Å². The second kappa shape index (κ2) is 6.76. The Morgan fingerprint density at radius 2 is 1.96 bits per heavy atom. The second-order valence-corrected chi connectivity index (χ2v) is 8.76. The summed E-state index contributed by atoms with van der Waals surface area (Å²) in [4.78, 5) is 21.7. The molecule has 142 valence electrons. The van der Waals surface area contributed by atoms with Gasteiger partial charge in [0, 0.05) is 19.3 Å². The molecule has 0 aromatic carbocycles. The van der Waals surface area contributed by atoms with Gasteiger partial charge in [-0.05, 0) is 24.8 Å². The average molecular weight is 388 g/mol. The van der Waals surface area contributed by atoms with Gasteiger partial charge < -0.3 is 14.6 Å². The van der Waals surface area contributed by atoms with E-state index in [-0.39, 0.29) is 28.6 Å². The molecule has 0 spiro atoms. The van der Waals surface area contributed by atoms with Gasteiger partial charge >= 0.3 is 6.01 Å². The first-order chi connectivity index (χ1) is 13.0. The number of aromatic nitrogens is 5. The van der Waals surface area contributed by atoms with Crippen LogP contribution in [0.1, 0.15) is 12.8 Å². The van der Waals surface area contributed by atoms with Crippen LogP contribution in [0.5, 0.6) is 6.01 Å². The van der Waals surface area contributed by atoms with Crippen molar-refractivity contribution in [3.8, 4) is 6.01 Å². The molecule has 3 heterocycles. The minimum absolute atomic E-state index is 0.0936. The van der Waals surface area contributed by atoms with Gasteiger partial charge in [-0.25, -0.2) is 28.4 Å². The molecule has 1 saturated carbocycles. The van der Waals surface area contributed by atoms with E-state index in [0.717, 1.165) is 29.7 Å². The smallest absolute Gasteiger partial charge is 0.316 e. The van der Waals surface area contributed by atoms with Gasteiger partial charge in [0.15, 0.2) is 9.84 Å². The molecular weight excluding hydrogens is 368 g/mol. The Kier molecular flexibility index (Phi) is 4.42. The van der Waals surface area contributed by atoms with E-state index < -0.39 is 9.84 Å². The van der Waals surface area contributed by atoms with Crippen LogP contribution in [0.4, 0.5) is 5.82 Å². The van der Waals surface area contributed by atoms with Crippen LogP contribution in [0.3, 0.4) is 0 Å². The van der Waals surface area contributed by atoms with Gasteiger partial charge in [0.2, 0.25) is 0 Å². The van der Waals surface area contributed by atoms with E-state index in [1.165, 1.54) is 25.8 Å². The number of methoxy groups -OCH3 is 1. The molecule has 1 N–H and O–H groups in total. The zero-order valence-corrected chi connectivity index (χ0v) is 15.8. The maximum atomic E-state index is 12.6. The topological polar surface area (TPSA) is 114 Å². The van der Waals surface area contributed by atoms with Crippen LogP contribution in [0.15, 0.2) is 35.9 Å². The predicted octanol–water partition coefficient (Wildman–Crippen LogP) is 1.45. The Morgan fingerprint density at radius 3 is 2.67 bits per heavy atom. The molecule has 3 aromatic rings. The number of sulfone groups is 1. The molecule has 1 fully saturated rings. The SMILES string of the molecule is COc1ncc(S(=O)(=O)CC2CC(N(C)c3ncnc4[nH]ccc34)C2)cn1. The monoisotopic (exact) mass is 388 g/mol. The molecule has 10 heteroatoms. The largest absolute Gasteiger partial charge is 0.467 e. The first-order valence-electron chi connectivity index (χ1n) is 8.57. The summed E-state index contributed by atoms with van der Waals surface area (Å²) in [5, 5.41) is 0.964. The molecule has 0 unspecified atom stereocenters. The molecule has 0 atom stereocenters. The van der Waals surface area contributed by atoms with Gasteiger partial charge in [-0.1, -0.05) is 0 Å². The maximum absolute atomic E-state index is 12.6. The van der Waals surface area contributed by atoms with E-state index in [4.69, 9.17) is 4.74 Å². The van der Waals surface area contributed by atoms with Crippen molar-refractivity contribution in [3.05, 3.63) is 31.0 Å². The summed E-state index contributed by atoms with van der Waals surface area (Å²) in [7, 11) is 0.0109. The molecule has 0 aliphatic heterocycles. The Hall–Kier alpha value is -2.75. The van der Waals surface area contributed by atoms with Crippen molar-refractivity contribution < 1.29 is 13.2 Å². The van der Waals surface area contributed by atoms with Crippen molar-refractivity contribution in [3.63, 3.8) is 0 Å². The molecule has 4 rings (SSSR count). The van der Waals surface area contributed by atoms with Crippen molar-refractivity contribution in [1.29, 1.82) is 0 Å². The minimum Gasteiger partial charge on any atom is -0.467 e. The highest BCUT2D eigenvalue weighted by atomic mass is 32.2. The Balaban J connectivity index is 1.41. The van der Waals surface area contributed by atoms with E-state index in [1.807, 2.05) is 19.3 Å². The van der Waals surface area contributed by atoms with Gasteiger partial charge in [-0.2, -0.15) is 0 Å². The number of fused-ring (bicyclic) bond motifs is 1. The van der Waals surface area contributed by atoms with Gasteiger partial charge in [0.05, 0.1) is 30.6 Å². The molecule has 9 nitrogen and oxygen atoms in total. The number of rotatable bonds is 6. The molecule has 1 aliphatic rings. The lowest BCUT2D eigenvalue weighted by Crippen LogP contribution is -2.45. The van der Waals surface area contributed by atoms with Crippen LogP contribution in [0.2, 0.25) is 0 Å². The summed E-state index contributed by atoms with van der Waals surface area (Å²) in [5.74, 6) is 1.06. The van der Waals surface area contributed by atoms with Crippen molar-refractivity contribution in [2.45, 2.75) is 23.8 Å². The lowest BCUT2D eigenvalue weighted by molar-refractivity contribution is 0.282. The number of nitrogens with zero attached hydrogens (tertiary/aromatic N) is 5. The van der Waals surface area contributed by atoms with Crippen molar-refractivity contribution in [2.24, 2.45) is 5.92 Å². The summed E-state index contributed by atoms with van der Waals surface area (Å²) in [5.41, 5.74) is 0.796. The van der Waals surface area contributed by atoms with Crippen LogP contribution in [0, 0.1) is 5.92 Å². The van der Waals surface area contributed by atoms with Crippen molar-refractivity contribution >= 4 is 26.7 Å². The fraction of sp³-hybridized carbons (Fsp3) is 0.412. The first-order valence-corrected chi connectivity index (χ1v) is 10.2. The highest BCUT2D eigenvalue weighted by molar-refractivity contribution is 7.91. The molecule has 0 radical (unpaired) electrons. The summed E-state index contributed by atoms with van der Waals surface area (Å²) in [6.45, 7) is 0. The number of H-pyrrole nitrogens is 1. The Bertz CT molecular complexity index is 1040. The van der Waals surface area contributed by atoms with Gasteiger partial charge in [0.25, 0.3) is 0 Å². The number of ether oxygens (including phenoxy) is 1. The van der Waals surface area contributed by atoms with E-state index in [9.17, 15) is 8.42 Å². The minimum atomic E-state index is -3.41. The van der Waals surface area contributed by atoms with Gasteiger partial charge in [0.1, 0.15) is 22.7 Å². The van der Waals surface area contributed by atoms with E-state index in [0.29, 0.717) is 0 Å². The molecule has 1 aliphatic carbocycles. The summed E-state index contributed by atoms with van der Waals surface area (Å²) in [6.07, 6.45) is 7.56. The van der Waals surface area contributed by atoms with Crippen LogP contribution >= 0.6 is 0 Å². The third-order valence-electron chi connectivity index (χ3n) is 5.03. The summed E-state index contributed by atoms with van der Waals surface area (Å²) >= 11 is 0. The zero-order valence-electron chi connectivity index (χ0n) is 15.0. The number of hydrogen-bond acceptors (Lipinski definition) is 8. The third kappa shape index (κ3) is 3.32. The van der Waals surface area contributed by atoms with E-state index in [2.05, 4.69) is 29.8 Å². The molecule has 27 heavy (non-hydrogen) atoms. The lowest BCUT2D eigenvalue weighted by Gasteiger charge is -2.41. The second-order valence-electron chi connectivity index (χ2n) is 6.73. The normalized spacial score (nSPS) is 19.6. The molecule has 0 bridgehead atoms. The number of aromatic amines is 1. The summed E-state index contributed by atoms with van der Waals surface area (Å²) in [6, 6.07) is 2.36. The van der Waals surface area contributed by atoms with E-state index in [1.54, 1.807) is 0 Å². The number of anilines is 1. The Morgan fingerprint density at radius 1 is 1.22 bits per heavy atom. The highest BCUT2D eigenvalue weighted by Crippen LogP contribution is 2.36. The third-order valence-corrected chi connectivity index (χ3v) is 6.87. The number of nitrogens with one attached hydrogen (secondary N) is 1. The van der Waals surface area contributed by atoms with Crippen molar-refractivity contribution in [1.82, 2.24) is 24.9 Å². The first kappa shape index (κ1) is 17.7. The van der Waals surface area contributed by atoms with Gasteiger partial charge in [-0.3, -0.25) is 0 Å². The Labute approximate surface area is 156 Å². The van der Waals surface area contributed by atoms with Crippen LogP contribution < -0.4 is 9.64 Å². The predicted molar refractivity (Wildman–Crippen MR) is 99.4 cm³/mol. The maximum Gasteiger partial charge on any atom is 0.316 e. The summed E-state index contributed by atoms with van der Waals surface area (Å²) < 4.78 is 30.0. The zero-order chi connectivity index (χ0) is 19.0. The molecular formula is C17H20N6O3S. The van der Waals surface area contributed by atoms with Crippen LogP contribution in [0.25, 0.3) is 11.0 Å². The standard InChI is InChI=1S/C17H20N6O3S/c1-23(16-14-3-4-18-15(14)21-10-22-16)12-5-11(6-12)9-27(24,25)13-7-19-17(26-2)20-8-13/h3-4,7-8,10-12H,5-6,9H2,1-2H3,(H,18,21,22). The molecule has 3 aromatic heterocycles. The fourth-order valence-electron chi connectivity index (χ4n) is 3.44.